The van der Waals surface area contributed by atoms with Crippen LogP contribution in [0.4, 0.5) is 0 Å². The number of rotatable bonds is 6. The number of carbonyl (C=O) groups is 1. The van der Waals surface area contributed by atoms with Crippen LogP contribution < -0.4 is 5.48 Å². The molecule has 1 aromatic rings. The molecule has 76 valence electrons. The van der Waals surface area contributed by atoms with E-state index < -0.39 is 0 Å². The maximum absolute atomic E-state index is 11.2. The number of nitrogens with zero attached hydrogens (tertiary/aromatic N) is 1. The predicted molar refractivity (Wildman–Crippen MR) is 51.7 cm³/mol. The summed E-state index contributed by atoms with van der Waals surface area (Å²) in [5.74, 6) is -0.300. The molecule has 0 aromatic carbocycles. The number of hydrogen-bond donors (Lipinski definition) is 1. The van der Waals surface area contributed by atoms with E-state index in [0.717, 1.165) is 11.5 Å². The molecule has 0 saturated heterocycles. The topological polar surface area (TPSA) is 60.5 Å². The lowest BCUT2D eigenvalue weighted by atomic mass is 10.5. The van der Waals surface area contributed by atoms with Gasteiger partial charge in [-0.2, -0.15) is 0 Å². The van der Waals surface area contributed by atoms with Crippen molar-refractivity contribution in [3.63, 3.8) is 0 Å². The minimum atomic E-state index is -0.300. The SMILES string of the molecule is C=COCCONC(=O)c1ccns1. The molecule has 6 heteroatoms. The summed E-state index contributed by atoms with van der Waals surface area (Å²) in [4.78, 5) is 16.5. The third-order valence-corrected chi connectivity index (χ3v) is 1.99. The Balaban J connectivity index is 2.13. The van der Waals surface area contributed by atoms with Crippen molar-refractivity contribution in [2.24, 2.45) is 0 Å². The van der Waals surface area contributed by atoms with Gasteiger partial charge in [0.1, 0.15) is 18.1 Å². The fraction of sp³-hybridized carbons (Fsp3) is 0.250. The first-order chi connectivity index (χ1) is 6.84. The van der Waals surface area contributed by atoms with Gasteiger partial charge in [-0.05, 0) is 17.6 Å². The number of aromatic nitrogens is 1. The van der Waals surface area contributed by atoms with Gasteiger partial charge in [0.15, 0.2) is 0 Å². The zero-order chi connectivity index (χ0) is 10.2. The van der Waals surface area contributed by atoms with E-state index in [1.165, 1.54) is 6.26 Å². The Hall–Kier alpha value is -1.40. The van der Waals surface area contributed by atoms with Crippen LogP contribution in [0.5, 0.6) is 0 Å². The van der Waals surface area contributed by atoms with Gasteiger partial charge in [-0.1, -0.05) is 6.58 Å². The maximum atomic E-state index is 11.2. The fourth-order valence-electron chi connectivity index (χ4n) is 0.673. The molecular formula is C8H10N2O3S. The van der Waals surface area contributed by atoms with Crippen LogP contribution >= 0.6 is 11.5 Å². The van der Waals surface area contributed by atoms with Crippen molar-refractivity contribution in [3.05, 3.63) is 30.0 Å². The van der Waals surface area contributed by atoms with Crippen molar-refractivity contribution in [1.82, 2.24) is 9.85 Å². The molecule has 0 unspecified atom stereocenters. The van der Waals surface area contributed by atoms with E-state index in [1.807, 2.05) is 0 Å². The van der Waals surface area contributed by atoms with E-state index in [9.17, 15) is 4.79 Å². The van der Waals surface area contributed by atoms with Crippen LogP contribution in [0.15, 0.2) is 25.1 Å². The largest absolute Gasteiger partial charge is 0.499 e. The molecule has 0 aliphatic carbocycles. The van der Waals surface area contributed by atoms with Gasteiger partial charge in [-0.15, -0.1) is 0 Å². The van der Waals surface area contributed by atoms with Crippen LogP contribution in [-0.2, 0) is 9.57 Å². The maximum Gasteiger partial charge on any atom is 0.286 e. The normalized spacial score (nSPS) is 9.43. The van der Waals surface area contributed by atoms with Crippen LogP contribution in [0.3, 0.4) is 0 Å². The van der Waals surface area contributed by atoms with Crippen molar-refractivity contribution in [2.45, 2.75) is 0 Å². The standard InChI is InChI=1S/C8H10N2O3S/c1-2-12-5-6-13-10-8(11)7-3-4-9-14-7/h2-4H,1,5-6H2,(H,10,11). The number of nitrogens with one attached hydrogen (secondary N) is 1. The second-order valence-electron chi connectivity index (χ2n) is 2.19. The smallest absolute Gasteiger partial charge is 0.286 e. The summed E-state index contributed by atoms with van der Waals surface area (Å²) in [6.45, 7) is 3.99. The summed E-state index contributed by atoms with van der Waals surface area (Å²) in [7, 11) is 0. The molecule has 0 saturated carbocycles. The van der Waals surface area contributed by atoms with Crippen molar-refractivity contribution >= 4 is 17.4 Å². The van der Waals surface area contributed by atoms with E-state index in [-0.39, 0.29) is 12.5 Å². The minimum absolute atomic E-state index is 0.274. The lowest BCUT2D eigenvalue weighted by Crippen LogP contribution is -2.24. The van der Waals surface area contributed by atoms with Gasteiger partial charge in [0, 0.05) is 6.20 Å². The molecule has 5 nitrogen and oxygen atoms in total. The Labute approximate surface area is 85.5 Å². The van der Waals surface area contributed by atoms with Crippen LogP contribution in [0.25, 0.3) is 0 Å². The van der Waals surface area contributed by atoms with Crippen molar-refractivity contribution in [1.29, 1.82) is 0 Å². The molecule has 1 rings (SSSR count). The Kier molecular flexibility index (Phi) is 4.66. The number of carbonyl (C=O) groups excluding carboxylic acids is 1. The third-order valence-electron chi connectivity index (χ3n) is 1.25. The second kappa shape index (κ2) is 6.11. The summed E-state index contributed by atoms with van der Waals surface area (Å²) in [6, 6.07) is 1.61. The Bertz CT molecular complexity index is 287. The molecule has 14 heavy (non-hydrogen) atoms. The molecule has 0 fully saturated rings. The molecule has 1 amide bonds. The van der Waals surface area contributed by atoms with Gasteiger partial charge >= 0.3 is 0 Å². The quantitative estimate of drug-likeness (QED) is 0.435. The van der Waals surface area contributed by atoms with Gasteiger partial charge in [-0.25, -0.2) is 9.85 Å². The third kappa shape index (κ3) is 3.55. The molecule has 0 bridgehead atoms. The highest BCUT2D eigenvalue weighted by Gasteiger charge is 2.05. The van der Waals surface area contributed by atoms with Gasteiger partial charge < -0.3 is 4.74 Å². The summed E-state index contributed by atoms with van der Waals surface area (Å²) in [5, 5.41) is 0. The first-order valence-electron chi connectivity index (χ1n) is 3.90. The van der Waals surface area contributed by atoms with E-state index in [0.29, 0.717) is 11.5 Å². The first kappa shape index (κ1) is 10.7. The molecule has 0 aliphatic heterocycles. The average molecular weight is 214 g/mol. The molecule has 0 aliphatic rings. The molecule has 0 radical (unpaired) electrons. The highest BCUT2D eigenvalue weighted by atomic mass is 32.1. The van der Waals surface area contributed by atoms with E-state index in [4.69, 9.17) is 9.57 Å². The molecular weight excluding hydrogens is 204 g/mol. The average Bonchev–Trinajstić information content (AvgIpc) is 2.70. The highest BCUT2D eigenvalue weighted by Crippen LogP contribution is 2.03. The first-order valence-corrected chi connectivity index (χ1v) is 4.67. The monoisotopic (exact) mass is 214 g/mol. The van der Waals surface area contributed by atoms with E-state index in [1.54, 1.807) is 12.3 Å². The van der Waals surface area contributed by atoms with Gasteiger partial charge in [0.25, 0.3) is 5.91 Å². The summed E-state index contributed by atoms with van der Waals surface area (Å²) < 4.78 is 8.57. The lowest BCUT2D eigenvalue weighted by Gasteiger charge is -2.03. The van der Waals surface area contributed by atoms with Gasteiger partial charge in [0.05, 0.1) is 6.26 Å². The number of hydroxylamine groups is 1. The molecule has 1 heterocycles. The molecule has 0 atom stereocenters. The number of ether oxygens (including phenoxy) is 1. The zero-order valence-corrected chi connectivity index (χ0v) is 8.25. The number of hydrogen-bond acceptors (Lipinski definition) is 5. The van der Waals surface area contributed by atoms with Crippen LogP contribution in [0, 0.1) is 0 Å². The summed E-state index contributed by atoms with van der Waals surface area (Å²) in [6.07, 6.45) is 2.87. The summed E-state index contributed by atoms with van der Waals surface area (Å²) >= 11 is 1.11. The Morgan fingerprint density at radius 1 is 1.71 bits per heavy atom. The minimum Gasteiger partial charge on any atom is -0.499 e. The fourth-order valence-corrected chi connectivity index (χ4v) is 1.15. The van der Waals surface area contributed by atoms with E-state index in [2.05, 4.69) is 16.4 Å². The van der Waals surface area contributed by atoms with Crippen LogP contribution in [-0.4, -0.2) is 23.5 Å². The number of amides is 1. The predicted octanol–water partition coefficient (Wildman–Crippen LogP) is 0.965. The van der Waals surface area contributed by atoms with Gasteiger partial charge in [0.2, 0.25) is 0 Å². The Morgan fingerprint density at radius 2 is 2.57 bits per heavy atom. The van der Waals surface area contributed by atoms with Crippen LogP contribution in [0.1, 0.15) is 9.67 Å². The second-order valence-corrected chi connectivity index (χ2v) is 3.03. The lowest BCUT2D eigenvalue weighted by molar-refractivity contribution is 0.0147. The van der Waals surface area contributed by atoms with Crippen molar-refractivity contribution in [2.75, 3.05) is 13.2 Å². The molecule has 1 aromatic heterocycles. The molecule has 0 spiro atoms. The summed E-state index contributed by atoms with van der Waals surface area (Å²) in [5.41, 5.74) is 2.26. The zero-order valence-electron chi connectivity index (χ0n) is 7.43. The Morgan fingerprint density at radius 3 is 3.21 bits per heavy atom. The van der Waals surface area contributed by atoms with E-state index >= 15 is 0 Å². The molecule has 1 N–H and O–H groups in total. The van der Waals surface area contributed by atoms with Crippen molar-refractivity contribution in [3.8, 4) is 0 Å². The van der Waals surface area contributed by atoms with Gasteiger partial charge in [-0.3, -0.25) is 9.63 Å². The van der Waals surface area contributed by atoms with Crippen molar-refractivity contribution < 1.29 is 14.4 Å². The van der Waals surface area contributed by atoms with Crippen LogP contribution in [0.2, 0.25) is 0 Å². The highest BCUT2D eigenvalue weighted by molar-refractivity contribution is 7.08.